The maximum Gasteiger partial charge on any atom is 0.203 e. The van der Waals surface area contributed by atoms with Crippen LogP contribution in [0.2, 0.25) is 0 Å². The fourth-order valence-electron chi connectivity index (χ4n) is 1.71. The molecule has 1 heterocycles. The lowest BCUT2D eigenvalue weighted by molar-refractivity contribution is 0.866. The first-order valence-corrected chi connectivity index (χ1v) is 7.27. The molecule has 0 radical (unpaired) electrons. The van der Waals surface area contributed by atoms with Crippen LogP contribution < -0.4 is 5.43 Å². The third kappa shape index (κ3) is 3.64. The van der Waals surface area contributed by atoms with Gasteiger partial charge in [0.15, 0.2) is 0 Å². The Bertz CT molecular complexity index is 567. The van der Waals surface area contributed by atoms with Crippen LogP contribution >= 0.6 is 11.3 Å². The Balaban J connectivity index is 2.08. The first-order valence-electron chi connectivity index (χ1n) is 6.39. The fraction of sp³-hybridized carbons (Fsp3) is 0.333. The number of rotatable bonds is 4. The SMILES string of the molecule is C/C(=N\Nc1nc(C)cs1)c1ccc(C(C)C)cc1. The molecule has 0 amide bonds. The molecule has 3 nitrogen and oxygen atoms in total. The first-order chi connectivity index (χ1) is 9.06. The number of aryl methyl sites for hydroxylation is 1. The van der Waals surface area contributed by atoms with Crippen LogP contribution in [0.3, 0.4) is 0 Å². The van der Waals surface area contributed by atoms with Crippen LogP contribution in [0.5, 0.6) is 0 Å². The van der Waals surface area contributed by atoms with Crippen molar-refractivity contribution >= 4 is 22.2 Å². The lowest BCUT2D eigenvalue weighted by Gasteiger charge is -2.06. The molecule has 0 spiro atoms. The minimum absolute atomic E-state index is 0.558. The Labute approximate surface area is 118 Å². The molecule has 1 aromatic heterocycles. The van der Waals surface area contributed by atoms with E-state index in [1.807, 2.05) is 19.2 Å². The quantitative estimate of drug-likeness (QED) is 0.661. The number of nitrogens with one attached hydrogen (secondary N) is 1. The Morgan fingerprint density at radius 3 is 2.47 bits per heavy atom. The van der Waals surface area contributed by atoms with Gasteiger partial charge < -0.3 is 0 Å². The number of hydrogen-bond acceptors (Lipinski definition) is 4. The molecule has 0 saturated carbocycles. The number of hydrazone groups is 1. The highest BCUT2D eigenvalue weighted by molar-refractivity contribution is 7.13. The van der Waals surface area contributed by atoms with Crippen LogP contribution in [0.25, 0.3) is 0 Å². The number of anilines is 1. The van der Waals surface area contributed by atoms with Crippen LogP contribution in [-0.2, 0) is 0 Å². The van der Waals surface area contributed by atoms with E-state index in [1.54, 1.807) is 11.3 Å². The van der Waals surface area contributed by atoms with Crippen molar-refractivity contribution in [3.05, 3.63) is 46.5 Å². The Morgan fingerprint density at radius 1 is 1.26 bits per heavy atom. The van der Waals surface area contributed by atoms with Crippen molar-refractivity contribution in [3.8, 4) is 0 Å². The Morgan fingerprint density at radius 2 is 1.95 bits per heavy atom. The van der Waals surface area contributed by atoms with Gasteiger partial charge in [-0.15, -0.1) is 11.3 Å². The van der Waals surface area contributed by atoms with Gasteiger partial charge in [-0.2, -0.15) is 5.10 Å². The molecule has 1 aromatic carbocycles. The van der Waals surface area contributed by atoms with E-state index in [9.17, 15) is 0 Å². The summed E-state index contributed by atoms with van der Waals surface area (Å²) in [7, 11) is 0. The summed E-state index contributed by atoms with van der Waals surface area (Å²) < 4.78 is 0. The van der Waals surface area contributed by atoms with Gasteiger partial charge in [-0.05, 0) is 30.9 Å². The number of nitrogens with zero attached hydrogens (tertiary/aromatic N) is 2. The molecule has 0 saturated heterocycles. The van der Waals surface area contributed by atoms with Gasteiger partial charge in [-0.1, -0.05) is 38.1 Å². The monoisotopic (exact) mass is 273 g/mol. The molecule has 0 bridgehead atoms. The summed E-state index contributed by atoms with van der Waals surface area (Å²) in [5.41, 5.74) is 7.45. The summed E-state index contributed by atoms with van der Waals surface area (Å²) in [5, 5.41) is 7.20. The lowest BCUT2D eigenvalue weighted by atomic mass is 10.0. The van der Waals surface area contributed by atoms with E-state index in [0.29, 0.717) is 5.92 Å². The van der Waals surface area contributed by atoms with E-state index in [2.05, 4.69) is 53.6 Å². The van der Waals surface area contributed by atoms with E-state index in [4.69, 9.17) is 0 Å². The van der Waals surface area contributed by atoms with Gasteiger partial charge >= 0.3 is 0 Å². The smallest absolute Gasteiger partial charge is 0.203 e. The van der Waals surface area contributed by atoms with E-state index in [0.717, 1.165) is 22.1 Å². The molecular weight excluding hydrogens is 254 g/mol. The van der Waals surface area contributed by atoms with Crippen LogP contribution in [0.4, 0.5) is 5.13 Å². The van der Waals surface area contributed by atoms with E-state index >= 15 is 0 Å². The summed E-state index contributed by atoms with van der Waals surface area (Å²) >= 11 is 1.56. The van der Waals surface area contributed by atoms with Gasteiger partial charge in [-0.3, -0.25) is 5.43 Å². The average molecular weight is 273 g/mol. The molecule has 100 valence electrons. The van der Waals surface area contributed by atoms with Crippen molar-refractivity contribution < 1.29 is 0 Å². The minimum Gasteiger partial charge on any atom is -0.252 e. The zero-order chi connectivity index (χ0) is 13.8. The zero-order valence-corrected chi connectivity index (χ0v) is 12.6. The van der Waals surface area contributed by atoms with Gasteiger partial charge in [0, 0.05) is 5.38 Å². The predicted molar refractivity (Wildman–Crippen MR) is 83.2 cm³/mol. The minimum atomic E-state index is 0.558. The number of aromatic nitrogens is 1. The van der Waals surface area contributed by atoms with Crippen molar-refractivity contribution in [3.63, 3.8) is 0 Å². The standard InChI is InChI=1S/C15H19N3S/c1-10(2)13-5-7-14(8-6-13)12(4)17-18-15-16-11(3)9-19-15/h5-10H,1-4H3,(H,16,18)/b17-12+. The molecule has 0 unspecified atom stereocenters. The largest absolute Gasteiger partial charge is 0.252 e. The Hall–Kier alpha value is -1.68. The van der Waals surface area contributed by atoms with Crippen molar-refractivity contribution in [2.45, 2.75) is 33.6 Å². The van der Waals surface area contributed by atoms with Crippen molar-refractivity contribution in [2.75, 3.05) is 5.43 Å². The van der Waals surface area contributed by atoms with Crippen LogP contribution in [0, 0.1) is 6.92 Å². The molecule has 1 N–H and O–H groups in total. The number of hydrogen-bond donors (Lipinski definition) is 1. The van der Waals surface area contributed by atoms with Crippen LogP contribution in [0.1, 0.15) is 43.5 Å². The van der Waals surface area contributed by atoms with Gasteiger partial charge in [0.2, 0.25) is 5.13 Å². The summed E-state index contributed by atoms with van der Waals surface area (Å²) in [6.45, 7) is 8.37. The highest BCUT2D eigenvalue weighted by Gasteiger charge is 2.02. The topological polar surface area (TPSA) is 37.3 Å². The normalized spacial score (nSPS) is 11.9. The molecule has 2 aromatic rings. The number of thiazole rings is 1. The molecule has 0 aliphatic rings. The molecule has 0 aliphatic carbocycles. The third-order valence-electron chi connectivity index (χ3n) is 2.93. The lowest BCUT2D eigenvalue weighted by Crippen LogP contribution is -2.00. The average Bonchev–Trinajstić information content (AvgIpc) is 2.82. The van der Waals surface area contributed by atoms with Crippen LogP contribution in [0.15, 0.2) is 34.7 Å². The second-order valence-corrected chi connectivity index (χ2v) is 5.74. The van der Waals surface area contributed by atoms with E-state index in [1.165, 1.54) is 5.56 Å². The second-order valence-electron chi connectivity index (χ2n) is 4.88. The summed E-state index contributed by atoms with van der Waals surface area (Å²) in [5.74, 6) is 0.558. The maximum absolute atomic E-state index is 4.37. The van der Waals surface area contributed by atoms with Gasteiger partial charge in [0.1, 0.15) is 0 Å². The van der Waals surface area contributed by atoms with Gasteiger partial charge in [0.05, 0.1) is 11.4 Å². The zero-order valence-electron chi connectivity index (χ0n) is 11.8. The predicted octanol–water partition coefficient (Wildman–Crippen LogP) is 4.41. The molecule has 0 aliphatic heterocycles. The highest BCUT2D eigenvalue weighted by atomic mass is 32.1. The summed E-state index contributed by atoms with van der Waals surface area (Å²) in [4.78, 5) is 4.31. The second kappa shape index (κ2) is 5.97. The van der Waals surface area contributed by atoms with E-state index in [-0.39, 0.29) is 0 Å². The molecule has 19 heavy (non-hydrogen) atoms. The first kappa shape index (κ1) is 13.7. The number of benzene rings is 1. The maximum atomic E-state index is 4.37. The highest BCUT2D eigenvalue weighted by Crippen LogP contribution is 2.16. The fourth-order valence-corrected chi connectivity index (χ4v) is 2.34. The molecular formula is C15H19N3S. The third-order valence-corrected chi connectivity index (χ3v) is 3.80. The van der Waals surface area contributed by atoms with Crippen LogP contribution in [-0.4, -0.2) is 10.7 Å². The van der Waals surface area contributed by atoms with Gasteiger partial charge in [0.25, 0.3) is 0 Å². The van der Waals surface area contributed by atoms with Gasteiger partial charge in [-0.25, -0.2) is 4.98 Å². The van der Waals surface area contributed by atoms with E-state index < -0.39 is 0 Å². The van der Waals surface area contributed by atoms with Crippen molar-refractivity contribution in [1.29, 1.82) is 0 Å². The van der Waals surface area contributed by atoms with Crippen molar-refractivity contribution in [2.24, 2.45) is 5.10 Å². The Kier molecular flexibility index (Phi) is 4.32. The molecule has 4 heteroatoms. The van der Waals surface area contributed by atoms with Crippen molar-refractivity contribution in [1.82, 2.24) is 4.98 Å². The molecule has 2 rings (SSSR count). The molecule has 0 atom stereocenters. The molecule has 0 fully saturated rings. The summed E-state index contributed by atoms with van der Waals surface area (Å²) in [6, 6.07) is 8.55. The summed E-state index contributed by atoms with van der Waals surface area (Å²) in [6.07, 6.45) is 0.